The molecule has 0 spiro atoms. The molecule has 0 radical (unpaired) electrons. The summed E-state index contributed by atoms with van der Waals surface area (Å²) < 4.78 is 5.86. The first kappa shape index (κ1) is 11.1. The zero-order valence-corrected chi connectivity index (χ0v) is 10.6. The quantitative estimate of drug-likeness (QED) is 0.797. The zero-order chi connectivity index (χ0) is 10.7. The van der Waals surface area contributed by atoms with E-state index in [0.29, 0.717) is 10.4 Å². The normalized spacial score (nSPS) is 17.5. The van der Waals surface area contributed by atoms with E-state index >= 15 is 0 Å². The molecule has 3 nitrogen and oxygen atoms in total. The van der Waals surface area contributed by atoms with Crippen LogP contribution >= 0.6 is 27.7 Å². The highest BCUT2D eigenvalue weighted by molar-refractivity contribution is 9.10. The third-order valence-corrected chi connectivity index (χ3v) is 3.77. The lowest BCUT2D eigenvalue weighted by atomic mass is 10.3. The van der Waals surface area contributed by atoms with Crippen molar-refractivity contribution in [3.63, 3.8) is 0 Å². The van der Waals surface area contributed by atoms with E-state index in [-0.39, 0.29) is 5.91 Å². The Morgan fingerprint density at radius 2 is 2.27 bits per heavy atom. The van der Waals surface area contributed by atoms with Crippen molar-refractivity contribution in [1.29, 1.82) is 0 Å². The number of carbonyl (C=O) groups is 1. The highest BCUT2D eigenvalue weighted by Crippen LogP contribution is 2.17. The first-order chi connectivity index (χ1) is 7.27. The number of nitrogens with zero attached hydrogens (tertiary/aromatic N) is 1. The summed E-state index contributed by atoms with van der Waals surface area (Å²) in [4.78, 5) is 13.8. The van der Waals surface area contributed by atoms with Crippen molar-refractivity contribution >= 4 is 33.6 Å². The van der Waals surface area contributed by atoms with Crippen LogP contribution in [-0.4, -0.2) is 35.4 Å². The summed E-state index contributed by atoms with van der Waals surface area (Å²) in [5.41, 5.74) is 0. The number of furan rings is 1. The van der Waals surface area contributed by atoms with Gasteiger partial charge >= 0.3 is 0 Å². The van der Waals surface area contributed by atoms with Crippen LogP contribution in [0.25, 0.3) is 0 Å². The van der Waals surface area contributed by atoms with Crippen LogP contribution in [0.2, 0.25) is 0 Å². The molecule has 2 rings (SSSR count). The lowest BCUT2D eigenvalue weighted by molar-refractivity contribution is 0.0735. The van der Waals surface area contributed by atoms with Crippen LogP contribution in [0.4, 0.5) is 0 Å². The maximum Gasteiger partial charge on any atom is 0.289 e. The van der Waals surface area contributed by atoms with E-state index < -0.39 is 0 Å². The summed E-state index contributed by atoms with van der Waals surface area (Å²) in [5, 5.41) is 0. The Hall–Kier alpha value is -0.420. The van der Waals surface area contributed by atoms with Crippen molar-refractivity contribution < 1.29 is 9.21 Å². The fraction of sp³-hybridized carbons (Fsp3) is 0.500. The smallest absolute Gasteiger partial charge is 0.289 e. The molecule has 0 atom stereocenters. The maximum absolute atomic E-state index is 12.0. The molecule has 1 aromatic heterocycles. The minimum Gasteiger partial charge on any atom is -0.444 e. The Morgan fingerprint density at radius 3 is 3.00 bits per heavy atom. The first-order valence-electron chi connectivity index (χ1n) is 4.90. The fourth-order valence-electron chi connectivity index (χ4n) is 1.53. The molecule has 0 aromatic carbocycles. The van der Waals surface area contributed by atoms with Gasteiger partial charge in [-0.25, -0.2) is 0 Å². The Balaban J connectivity index is 2.06. The van der Waals surface area contributed by atoms with Gasteiger partial charge in [0.2, 0.25) is 0 Å². The van der Waals surface area contributed by atoms with Crippen LogP contribution in [0.5, 0.6) is 0 Å². The van der Waals surface area contributed by atoms with Crippen LogP contribution in [0, 0.1) is 0 Å². The summed E-state index contributed by atoms with van der Waals surface area (Å²) in [6.45, 7) is 1.66. The van der Waals surface area contributed by atoms with E-state index in [2.05, 4.69) is 15.9 Å². The molecule has 1 aliphatic rings. The number of thioether (sulfide) groups is 1. The minimum atomic E-state index is 0.00296. The third-order valence-electron chi connectivity index (χ3n) is 2.29. The lowest BCUT2D eigenvalue weighted by Gasteiger charge is -2.18. The largest absolute Gasteiger partial charge is 0.444 e. The Labute approximate surface area is 101 Å². The second-order valence-corrected chi connectivity index (χ2v) is 5.37. The summed E-state index contributed by atoms with van der Waals surface area (Å²) in [6.07, 6.45) is 1.07. The summed E-state index contributed by atoms with van der Waals surface area (Å²) >= 11 is 5.10. The Kier molecular flexibility index (Phi) is 3.75. The molecule has 0 N–H and O–H groups in total. The molecule has 1 fully saturated rings. The van der Waals surface area contributed by atoms with Crippen molar-refractivity contribution in [2.45, 2.75) is 6.42 Å². The van der Waals surface area contributed by atoms with Gasteiger partial charge in [-0.2, -0.15) is 11.8 Å². The third kappa shape index (κ3) is 2.78. The molecule has 5 heteroatoms. The average molecular weight is 290 g/mol. The van der Waals surface area contributed by atoms with Crippen molar-refractivity contribution in [2.75, 3.05) is 24.6 Å². The zero-order valence-electron chi connectivity index (χ0n) is 8.24. The summed E-state index contributed by atoms with van der Waals surface area (Å²) in [6, 6.07) is 3.46. The second kappa shape index (κ2) is 5.07. The molecule has 1 amide bonds. The molecule has 1 saturated heterocycles. The lowest BCUT2D eigenvalue weighted by Crippen LogP contribution is -2.32. The molecule has 1 aliphatic heterocycles. The van der Waals surface area contributed by atoms with Crippen molar-refractivity contribution in [3.8, 4) is 0 Å². The van der Waals surface area contributed by atoms with E-state index in [9.17, 15) is 4.79 Å². The molecular formula is C10H12BrNO2S. The number of hydrogen-bond acceptors (Lipinski definition) is 3. The van der Waals surface area contributed by atoms with Gasteiger partial charge in [0.1, 0.15) is 0 Å². The van der Waals surface area contributed by atoms with Crippen LogP contribution < -0.4 is 0 Å². The van der Waals surface area contributed by atoms with Crippen molar-refractivity contribution in [3.05, 3.63) is 22.6 Å². The average Bonchev–Trinajstić information content (AvgIpc) is 2.53. The van der Waals surface area contributed by atoms with Crippen molar-refractivity contribution in [1.82, 2.24) is 4.90 Å². The SMILES string of the molecule is O=C(c1ccc(Br)o1)N1CCCSCC1. The van der Waals surface area contributed by atoms with Gasteiger partial charge in [-0.05, 0) is 40.2 Å². The van der Waals surface area contributed by atoms with Crippen molar-refractivity contribution in [2.24, 2.45) is 0 Å². The van der Waals surface area contributed by atoms with E-state index in [0.717, 1.165) is 31.0 Å². The Bertz CT molecular complexity index is 345. The molecule has 1 aromatic rings. The molecule has 2 heterocycles. The molecule has 0 saturated carbocycles. The predicted octanol–water partition coefficient (Wildman–Crippen LogP) is 2.62. The van der Waals surface area contributed by atoms with Crippen LogP contribution in [0.1, 0.15) is 17.0 Å². The van der Waals surface area contributed by atoms with Gasteiger partial charge in [-0.15, -0.1) is 0 Å². The number of carbonyl (C=O) groups excluding carboxylic acids is 1. The maximum atomic E-state index is 12.0. The van der Waals surface area contributed by atoms with Gasteiger partial charge < -0.3 is 9.32 Å². The van der Waals surface area contributed by atoms with Gasteiger partial charge in [0.05, 0.1) is 0 Å². The summed E-state index contributed by atoms with van der Waals surface area (Å²) in [7, 11) is 0. The van der Waals surface area contributed by atoms with Gasteiger partial charge in [0, 0.05) is 18.8 Å². The fourth-order valence-corrected chi connectivity index (χ4v) is 2.73. The van der Waals surface area contributed by atoms with Crippen LogP contribution in [0.15, 0.2) is 21.2 Å². The highest BCUT2D eigenvalue weighted by atomic mass is 79.9. The highest BCUT2D eigenvalue weighted by Gasteiger charge is 2.19. The topological polar surface area (TPSA) is 33.5 Å². The van der Waals surface area contributed by atoms with Gasteiger partial charge in [-0.3, -0.25) is 4.79 Å². The second-order valence-electron chi connectivity index (χ2n) is 3.36. The molecule has 0 aliphatic carbocycles. The van der Waals surface area contributed by atoms with Gasteiger partial charge in [0.15, 0.2) is 10.4 Å². The minimum absolute atomic E-state index is 0.00296. The van der Waals surface area contributed by atoms with E-state index in [1.165, 1.54) is 0 Å². The van der Waals surface area contributed by atoms with Gasteiger partial charge in [0.25, 0.3) is 5.91 Å². The number of rotatable bonds is 1. The molecule has 0 bridgehead atoms. The molecule has 15 heavy (non-hydrogen) atoms. The number of hydrogen-bond donors (Lipinski definition) is 0. The number of amides is 1. The van der Waals surface area contributed by atoms with E-state index in [1.54, 1.807) is 12.1 Å². The Morgan fingerprint density at radius 1 is 1.40 bits per heavy atom. The molecular weight excluding hydrogens is 278 g/mol. The predicted molar refractivity (Wildman–Crippen MR) is 64.3 cm³/mol. The first-order valence-corrected chi connectivity index (χ1v) is 6.84. The standard InChI is InChI=1S/C10H12BrNO2S/c11-9-3-2-8(14-9)10(13)12-4-1-6-15-7-5-12/h2-3H,1,4-7H2. The van der Waals surface area contributed by atoms with Crippen LogP contribution in [0.3, 0.4) is 0 Å². The van der Waals surface area contributed by atoms with E-state index in [1.807, 2.05) is 16.7 Å². The van der Waals surface area contributed by atoms with Gasteiger partial charge in [-0.1, -0.05) is 0 Å². The van der Waals surface area contributed by atoms with E-state index in [4.69, 9.17) is 4.42 Å². The number of halogens is 1. The molecule has 82 valence electrons. The monoisotopic (exact) mass is 289 g/mol. The van der Waals surface area contributed by atoms with Crippen LogP contribution in [-0.2, 0) is 0 Å². The molecule has 0 unspecified atom stereocenters. The summed E-state index contributed by atoms with van der Waals surface area (Å²) in [5.74, 6) is 2.59.